The quantitative estimate of drug-likeness (QED) is 0.579. The lowest BCUT2D eigenvalue weighted by molar-refractivity contribution is 0.328. The van der Waals surface area contributed by atoms with Crippen molar-refractivity contribution in [2.24, 2.45) is 17.6 Å². The molecule has 0 aromatic carbocycles. The van der Waals surface area contributed by atoms with Crippen molar-refractivity contribution >= 4 is 0 Å². The van der Waals surface area contributed by atoms with Gasteiger partial charge >= 0.3 is 0 Å². The minimum atomic E-state index is 0.491. The van der Waals surface area contributed by atoms with Crippen LogP contribution in [0.2, 0.25) is 0 Å². The van der Waals surface area contributed by atoms with Gasteiger partial charge in [-0.15, -0.1) is 0 Å². The molecule has 1 heteroatoms. The zero-order chi connectivity index (χ0) is 8.27. The molecule has 0 heterocycles. The molecule has 1 fully saturated rings. The van der Waals surface area contributed by atoms with Crippen LogP contribution in [0.15, 0.2) is 0 Å². The molecule has 0 aromatic rings. The zero-order valence-corrected chi connectivity index (χ0v) is 7.84. The highest BCUT2D eigenvalue weighted by Crippen LogP contribution is 2.27. The Bertz CT molecular complexity index is 109. The van der Waals surface area contributed by atoms with Crippen molar-refractivity contribution in [2.75, 3.05) is 0 Å². The Labute approximate surface area is 70.4 Å². The third-order valence-corrected chi connectivity index (χ3v) is 2.95. The summed E-state index contributed by atoms with van der Waals surface area (Å²) >= 11 is 0. The second kappa shape index (κ2) is 4.10. The molecule has 66 valence electrons. The molecule has 0 bridgehead atoms. The molecule has 11 heavy (non-hydrogen) atoms. The molecule has 0 unspecified atom stereocenters. The normalized spacial score (nSPS) is 33.8. The number of hydrogen-bond acceptors (Lipinski definition) is 1. The van der Waals surface area contributed by atoms with Crippen LogP contribution in [0.25, 0.3) is 0 Å². The molecule has 2 atom stereocenters. The van der Waals surface area contributed by atoms with Gasteiger partial charge < -0.3 is 5.73 Å². The Morgan fingerprint density at radius 2 is 1.82 bits per heavy atom. The average Bonchev–Trinajstić information content (AvgIpc) is 2.13. The van der Waals surface area contributed by atoms with E-state index in [9.17, 15) is 0 Å². The van der Waals surface area contributed by atoms with Crippen LogP contribution >= 0.6 is 0 Å². The summed E-state index contributed by atoms with van der Waals surface area (Å²) < 4.78 is 0. The Hall–Kier alpha value is -0.0400. The number of hydrogen-bond donors (Lipinski definition) is 1. The van der Waals surface area contributed by atoms with Gasteiger partial charge in [0.1, 0.15) is 0 Å². The maximum atomic E-state index is 5.96. The molecule has 1 rings (SSSR count). The smallest absolute Gasteiger partial charge is 0.00415 e. The molecule has 1 aliphatic rings. The molecule has 1 saturated carbocycles. The topological polar surface area (TPSA) is 26.0 Å². The molecule has 0 aliphatic heterocycles. The standard InChI is InChI=1S/C10H21N/c1-8(2)9-5-3-4-6-10(11)7-9/h8-10H,3-7,11H2,1-2H3/t9-,10+/m1/s1. The lowest BCUT2D eigenvalue weighted by Gasteiger charge is -2.20. The van der Waals surface area contributed by atoms with Gasteiger partial charge in [0.2, 0.25) is 0 Å². The highest BCUT2D eigenvalue weighted by molar-refractivity contribution is 4.74. The SMILES string of the molecule is CC(C)[C@@H]1CCCC[C@H](N)C1. The zero-order valence-electron chi connectivity index (χ0n) is 7.84. The van der Waals surface area contributed by atoms with Crippen molar-refractivity contribution in [1.82, 2.24) is 0 Å². The molecular weight excluding hydrogens is 134 g/mol. The highest BCUT2D eigenvalue weighted by Gasteiger charge is 2.19. The van der Waals surface area contributed by atoms with Crippen molar-refractivity contribution in [1.29, 1.82) is 0 Å². The average molecular weight is 155 g/mol. The molecule has 0 amide bonds. The Balaban J connectivity index is 2.39. The second-order valence-electron chi connectivity index (χ2n) is 4.28. The van der Waals surface area contributed by atoms with Crippen molar-refractivity contribution in [3.63, 3.8) is 0 Å². The van der Waals surface area contributed by atoms with Crippen LogP contribution in [0.5, 0.6) is 0 Å². The summed E-state index contributed by atoms with van der Waals surface area (Å²) in [5, 5.41) is 0. The van der Waals surface area contributed by atoms with Crippen LogP contribution in [0.4, 0.5) is 0 Å². The fourth-order valence-electron chi connectivity index (χ4n) is 2.04. The second-order valence-corrected chi connectivity index (χ2v) is 4.28. The van der Waals surface area contributed by atoms with Crippen LogP contribution in [-0.2, 0) is 0 Å². The predicted molar refractivity (Wildman–Crippen MR) is 49.4 cm³/mol. The third-order valence-electron chi connectivity index (χ3n) is 2.95. The summed E-state index contributed by atoms with van der Waals surface area (Å²) in [4.78, 5) is 0. The molecule has 0 saturated heterocycles. The van der Waals surface area contributed by atoms with E-state index in [4.69, 9.17) is 5.73 Å². The minimum Gasteiger partial charge on any atom is -0.328 e. The summed E-state index contributed by atoms with van der Waals surface area (Å²) in [6.07, 6.45) is 6.67. The molecule has 1 aliphatic carbocycles. The van der Waals surface area contributed by atoms with Crippen molar-refractivity contribution < 1.29 is 0 Å². The monoisotopic (exact) mass is 155 g/mol. The van der Waals surface area contributed by atoms with E-state index in [2.05, 4.69) is 13.8 Å². The highest BCUT2D eigenvalue weighted by atomic mass is 14.6. The van der Waals surface area contributed by atoms with E-state index in [-0.39, 0.29) is 0 Å². The van der Waals surface area contributed by atoms with Gasteiger partial charge in [0, 0.05) is 6.04 Å². The Morgan fingerprint density at radius 1 is 1.18 bits per heavy atom. The van der Waals surface area contributed by atoms with E-state index in [1.807, 2.05) is 0 Å². The van der Waals surface area contributed by atoms with E-state index in [0.29, 0.717) is 6.04 Å². The lowest BCUT2D eigenvalue weighted by atomic mass is 9.88. The predicted octanol–water partition coefficient (Wildman–Crippen LogP) is 2.55. The lowest BCUT2D eigenvalue weighted by Crippen LogP contribution is -2.23. The van der Waals surface area contributed by atoms with Crippen LogP contribution < -0.4 is 5.73 Å². The van der Waals surface area contributed by atoms with Crippen LogP contribution in [0.3, 0.4) is 0 Å². The summed E-state index contributed by atoms with van der Waals surface area (Å²) in [7, 11) is 0. The largest absolute Gasteiger partial charge is 0.328 e. The first-order chi connectivity index (χ1) is 5.20. The Morgan fingerprint density at radius 3 is 2.45 bits per heavy atom. The third kappa shape index (κ3) is 2.82. The van der Waals surface area contributed by atoms with Crippen LogP contribution in [0, 0.1) is 11.8 Å². The van der Waals surface area contributed by atoms with Crippen molar-refractivity contribution in [2.45, 2.75) is 52.0 Å². The fraction of sp³-hybridized carbons (Fsp3) is 1.00. The fourth-order valence-corrected chi connectivity index (χ4v) is 2.04. The number of rotatable bonds is 1. The van der Waals surface area contributed by atoms with Crippen molar-refractivity contribution in [3.8, 4) is 0 Å². The molecule has 0 radical (unpaired) electrons. The van der Waals surface area contributed by atoms with E-state index in [1.165, 1.54) is 32.1 Å². The van der Waals surface area contributed by atoms with Gasteiger partial charge in [0.15, 0.2) is 0 Å². The van der Waals surface area contributed by atoms with E-state index >= 15 is 0 Å². The maximum absolute atomic E-state index is 5.96. The Kier molecular flexibility index (Phi) is 3.38. The van der Waals surface area contributed by atoms with E-state index in [0.717, 1.165) is 11.8 Å². The van der Waals surface area contributed by atoms with Crippen LogP contribution in [-0.4, -0.2) is 6.04 Å². The summed E-state index contributed by atoms with van der Waals surface area (Å²) in [5.74, 6) is 1.73. The first kappa shape index (κ1) is 9.05. The molecule has 0 aromatic heterocycles. The molecule has 0 spiro atoms. The molecular formula is C10H21N. The van der Waals surface area contributed by atoms with E-state index < -0.39 is 0 Å². The van der Waals surface area contributed by atoms with Gasteiger partial charge in [-0.05, 0) is 24.7 Å². The van der Waals surface area contributed by atoms with E-state index in [1.54, 1.807) is 0 Å². The van der Waals surface area contributed by atoms with Gasteiger partial charge in [-0.1, -0.05) is 33.1 Å². The first-order valence-electron chi connectivity index (χ1n) is 4.95. The molecule has 2 N–H and O–H groups in total. The summed E-state index contributed by atoms with van der Waals surface area (Å²) in [5.41, 5.74) is 5.96. The summed E-state index contributed by atoms with van der Waals surface area (Å²) in [6.45, 7) is 4.64. The van der Waals surface area contributed by atoms with Gasteiger partial charge in [0.05, 0.1) is 0 Å². The van der Waals surface area contributed by atoms with Crippen molar-refractivity contribution in [3.05, 3.63) is 0 Å². The summed E-state index contributed by atoms with van der Waals surface area (Å²) in [6, 6.07) is 0.491. The molecule has 1 nitrogen and oxygen atoms in total. The van der Waals surface area contributed by atoms with Crippen LogP contribution in [0.1, 0.15) is 46.0 Å². The van der Waals surface area contributed by atoms with Gasteiger partial charge in [-0.3, -0.25) is 0 Å². The van der Waals surface area contributed by atoms with Gasteiger partial charge in [-0.2, -0.15) is 0 Å². The minimum absolute atomic E-state index is 0.491. The maximum Gasteiger partial charge on any atom is 0.00415 e. The van der Waals surface area contributed by atoms with Gasteiger partial charge in [-0.25, -0.2) is 0 Å². The first-order valence-corrected chi connectivity index (χ1v) is 4.95. The number of nitrogens with two attached hydrogens (primary N) is 1. The van der Waals surface area contributed by atoms with Gasteiger partial charge in [0.25, 0.3) is 0 Å².